The number of alkyl halides is 6. The molecule has 0 fully saturated rings. The Balaban J connectivity index is 1.46. The standard InChI is InChI=1S/C28H22ClF6N3OS/c29-23-9-3-6-20(12-23)15-38(14-19-5-2-8-22(11-19)28(33,34)35)16-25-37-24(17-40-25)26(39)36-13-18-4-1-7-21(10-18)27(30,31)32/h1-12,17H,13-16H2,(H,36,39). The minimum absolute atomic E-state index is 0.0914. The Kier molecular flexibility index (Phi) is 9.17. The van der Waals surface area contributed by atoms with Crippen LogP contribution in [-0.4, -0.2) is 15.8 Å². The predicted octanol–water partition coefficient (Wildman–Crippen LogP) is 7.97. The van der Waals surface area contributed by atoms with Gasteiger partial charge in [0.15, 0.2) is 0 Å². The number of thiazole rings is 1. The summed E-state index contributed by atoms with van der Waals surface area (Å²) in [4.78, 5) is 18.9. The van der Waals surface area contributed by atoms with E-state index in [0.29, 0.717) is 22.1 Å². The number of nitrogens with zero attached hydrogens (tertiary/aromatic N) is 2. The zero-order valence-corrected chi connectivity index (χ0v) is 22.3. The summed E-state index contributed by atoms with van der Waals surface area (Å²) in [6.07, 6.45) is -8.96. The van der Waals surface area contributed by atoms with Crippen LogP contribution in [-0.2, 0) is 38.5 Å². The van der Waals surface area contributed by atoms with E-state index in [1.54, 1.807) is 24.3 Å². The van der Waals surface area contributed by atoms with Gasteiger partial charge in [-0.1, -0.05) is 54.1 Å². The highest BCUT2D eigenvalue weighted by Crippen LogP contribution is 2.31. The molecule has 12 heteroatoms. The highest BCUT2D eigenvalue weighted by molar-refractivity contribution is 7.09. The van der Waals surface area contributed by atoms with E-state index in [4.69, 9.17) is 11.6 Å². The zero-order chi connectivity index (χ0) is 28.9. The van der Waals surface area contributed by atoms with E-state index in [1.807, 2.05) is 11.0 Å². The van der Waals surface area contributed by atoms with E-state index < -0.39 is 29.4 Å². The van der Waals surface area contributed by atoms with Crippen LogP contribution in [0.3, 0.4) is 0 Å². The average Bonchev–Trinajstić information content (AvgIpc) is 3.35. The molecular weight excluding hydrogens is 576 g/mol. The first-order valence-corrected chi connectivity index (χ1v) is 13.1. The highest BCUT2D eigenvalue weighted by atomic mass is 35.5. The first-order chi connectivity index (χ1) is 18.9. The van der Waals surface area contributed by atoms with Crippen molar-refractivity contribution in [2.24, 2.45) is 0 Å². The maximum atomic E-state index is 13.2. The fraction of sp³-hybridized carbons (Fsp3) is 0.214. The van der Waals surface area contributed by atoms with Crippen LogP contribution in [0.1, 0.15) is 43.3 Å². The van der Waals surface area contributed by atoms with Gasteiger partial charge in [-0.3, -0.25) is 9.69 Å². The lowest BCUT2D eigenvalue weighted by Gasteiger charge is -2.22. The van der Waals surface area contributed by atoms with Crippen molar-refractivity contribution < 1.29 is 31.1 Å². The molecule has 0 atom stereocenters. The van der Waals surface area contributed by atoms with E-state index in [-0.39, 0.29) is 30.9 Å². The second-order valence-electron chi connectivity index (χ2n) is 8.98. The summed E-state index contributed by atoms with van der Waals surface area (Å²) < 4.78 is 78.6. The third-order valence-corrected chi connectivity index (χ3v) is 6.88. The van der Waals surface area contributed by atoms with Gasteiger partial charge >= 0.3 is 12.4 Å². The van der Waals surface area contributed by atoms with E-state index in [1.165, 1.54) is 34.9 Å². The van der Waals surface area contributed by atoms with Gasteiger partial charge in [0.25, 0.3) is 5.91 Å². The van der Waals surface area contributed by atoms with E-state index in [9.17, 15) is 31.1 Å². The molecule has 3 aromatic carbocycles. The van der Waals surface area contributed by atoms with Gasteiger partial charge in [-0.15, -0.1) is 11.3 Å². The van der Waals surface area contributed by atoms with E-state index >= 15 is 0 Å². The van der Waals surface area contributed by atoms with Gasteiger partial charge in [-0.05, 0) is 47.0 Å². The number of carbonyl (C=O) groups excluding carboxylic acids is 1. The van der Waals surface area contributed by atoms with Gasteiger partial charge in [0.2, 0.25) is 0 Å². The molecule has 4 aromatic rings. The van der Waals surface area contributed by atoms with Gasteiger partial charge in [0, 0.05) is 30.0 Å². The molecule has 4 rings (SSSR count). The minimum Gasteiger partial charge on any atom is -0.347 e. The maximum absolute atomic E-state index is 13.2. The average molecular weight is 598 g/mol. The third-order valence-electron chi connectivity index (χ3n) is 5.81. The molecule has 0 bridgehead atoms. The summed E-state index contributed by atoms with van der Waals surface area (Å²) in [6.45, 7) is 0.640. The summed E-state index contributed by atoms with van der Waals surface area (Å²) >= 11 is 7.31. The van der Waals surface area contributed by atoms with E-state index in [2.05, 4.69) is 10.3 Å². The molecule has 0 aliphatic rings. The molecule has 0 radical (unpaired) electrons. The number of hydrogen-bond acceptors (Lipinski definition) is 4. The predicted molar refractivity (Wildman–Crippen MR) is 141 cm³/mol. The smallest absolute Gasteiger partial charge is 0.347 e. The van der Waals surface area contributed by atoms with Gasteiger partial charge in [0.05, 0.1) is 17.7 Å². The summed E-state index contributed by atoms with van der Waals surface area (Å²) in [5.41, 5.74) is 0.112. The lowest BCUT2D eigenvalue weighted by atomic mass is 10.1. The molecule has 0 saturated carbocycles. The van der Waals surface area contributed by atoms with Crippen LogP contribution < -0.4 is 5.32 Å². The van der Waals surface area contributed by atoms with Crippen molar-refractivity contribution in [3.63, 3.8) is 0 Å². The molecule has 0 unspecified atom stereocenters. The second kappa shape index (κ2) is 12.4. The van der Waals surface area contributed by atoms with Crippen molar-refractivity contribution in [2.45, 2.75) is 38.5 Å². The molecule has 1 N–H and O–H groups in total. The summed E-state index contributed by atoms with van der Waals surface area (Å²) in [5, 5.41) is 5.16. The molecule has 210 valence electrons. The first-order valence-electron chi connectivity index (χ1n) is 11.9. The van der Waals surface area contributed by atoms with Crippen LogP contribution in [0.2, 0.25) is 5.02 Å². The molecule has 1 amide bonds. The summed E-state index contributed by atoms with van der Waals surface area (Å²) in [5.74, 6) is -0.556. The SMILES string of the molecule is O=C(NCc1cccc(C(F)(F)F)c1)c1csc(CN(Cc2cccc(Cl)c2)Cc2cccc(C(F)(F)F)c2)n1. The van der Waals surface area contributed by atoms with Crippen molar-refractivity contribution in [2.75, 3.05) is 0 Å². The van der Waals surface area contributed by atoms with Crippen LogP contribution in [0.4, 0.5) is 26.3 Å². The second-order valence-corrected chi connectivity index (χ2v) is 10.4. The normalized spacial score (nSPS) is 12.1. The van der Waals surface area contributed by atoms with Crippen molar-refractivity contribution >= 4 is 28.8 Å². The Morgan fingerprint density at radius 3 is 1.95 bits per heavy atom. The van der Waals surface area contributed by atoms with Crippen LogP contribution in [0.15, 0.2) is 78.2 Å². The van der Waals surface area contributed by atoms with Gasteiger partial charge in [-0.2, -0.15) is 26.3 Å². The molecule has 0 saturated heterocycles. The van der Waals surface area contributed by atoms with Gasteiger partial charge < -0.3 is 5.32 Å². The Hall–Kier alpha value is -3.41. The molecule has 1 aromatic heterocycles. The monoisotopic (exact) mass is 597 g/mol. The quantitative estimate of drug-likeness (QED) is 0.199. The number of hydrogen-bond donors (Lipinski definition) is 1. The Bertz CT molecular complexity index is 1470. The number of benzene rings is 3. The number of rotatable bonds is 9. The third kappa shape index (κ3) is 8.30. The fourth-order valence-electron chi connectivity index (χ4n) is 3.98. The Labute approximate surface area is 235 Å². The van der Waals surface area contributed by atoms with Crippen LogP contribution in [0, 0.1) is 0 Å². The lowest BCUT2D eigenvalue weighted by molar-refractivity contribution is -0.138. The highest BCUT2D eigenvalue weighted by Gasteiger charge is 2.31. The van der Waals surface area contributed by atoms with Crippen LogP contribution in [0.5, 0.6) is 0 Å². The summed E-state index contributed by atoms with van der Waals surface area (Å²) in [6, 6.07) is 16.8. The largest absolute Gasteiger partial charge is 0.416 e. The molecule has 4 nitrogen and oxygen atoms in total. The Morgan fingerprint density at radius 1 is 0.800 bits per heavy atom. The van der Waals surface area contributed by atoms with E-state index in [0.717, 1.165) is 29.8 Å². The molecule has 0 aliphatic carbocycles. The van der Waals surface area contributed by atoms with Crippen LogP contribution in [0.25, 0.3) is 0 Å². The minimum atomic E-state index is -4.49. The number of halogens is 7. The van der Waals surface area contributed by atoms with Crippen molar-refractivity contribution in [3.05, 3.63) is 122 Å². The van der Waals surface area contributed by atoms with Crippen molar-refractivity contribution in [1.82, 2.24) is 15.2 Å². The van der Waals surface area contributed by atoms with Crippen molar-refractivity contribution in [1.29, 1.82) is 0 Å². The number of nitrogens with one attached hydrogen (secondary N) is 1. The number of carbonyl (C=O) groups is 1. The lowest BCUT2D eigenvalue weighted by Crippen LogP contribution is -2.24. The molecule has 1 heterocycles. The molecule has 0 spiro atoms. The molecule has 0 aliphatic heterocycles. The van der Waals surface area contributed by atoms with Crippen LogP contribution >= 0.6 is 22.9 Å². The van der Waals surface area contributed by atoms with Gasteiger partial charge in [-0.25, -0.2) is 4.98 Å². The maximum Gasteiger partial charge on any atom is 0.416 e. The molecule has 40 heavy (non-hydrogen) atoms. The van der Waals surface area contributed by atoms with Crippen molar-refractivity contribution in [3.8, 4) is 0 Å². The topological polar surface area (TPSA) is 45.2 Å². The summed E-state index contributed by atoms with van der Waals surface area (Å²) in [7, 11) is 0. The fourth-order valence-corrected chi connectivity index (χ4v) is 5.00. The molecular formula is C28H22ClF6N3OS. The first kappa shape index (κ1) is 29.6. The zero-order valence-electron chi connectivity index (χ0n) is 20.7. The number of aromatic nitrogens is 1. The number of amides is 1. The Morgan fingerprint density at radius 2 is 1.35 bits per heavy atom. The van der Waals surface area contributed by atoms with Gasteiger partial charge in [0.1, 0.15) is 10.7 Å².